The molecule has 0 radical (unpaired) electrons. The van der Waals surface area contributed by atoms with E-state index in [1.165, 1.54) is 23.5 Å². The molecule has 6 nitrogen and oxygen atoms in total. The highest BCUT2D eigenvalue weighted by Gasteiger charge is 2.28. The lowest BCUT2D eigenvalue weighted by atomic mass is 9.96. The highest BCUT2D eigenvalue weighted by Crippen LogP contribution is 2.26. The van der Waals surface area contributed by atoms with E-state index in [0.717, 1.165) is 11.3 Å². The second-order valence-electron chi connectivity index (χ2n) is 8.32. The quantitative estimate of drug-likeness (QED) is 0.415. The van der Waals surface area contributed by atoms with Gasteiger partial charge in [-0.2, -0.15) is 0 Å². The summed E-state index contributed by atoms with van der Waals surface area (Å²) in [6.07, 6.45) is 1.29. The van der Waals surface area contributed by atoms with Gasteiger partial charge in [-0.15, -0.1) is 11.3 Å². The van der Waals surface area contributed by atoms with Crippen molar-refractivity contribution in [2.24, 2.45) is 5.92 Å². The third-order valence-electron chi connectivity index (χ3n) is 6.06. The van der Waals surface area contributed by atoms with Crippen molar-refractivity contribution >= 4 is 50.7 Å². The number of carbonyl (C=O) groups excluding carboxylic acids is 1. The van der Waals surface area contributed by atoms with Crippen LogP contribution in [0.25, 0.3) is 10.2 Å². The molecule has 2 aromatic heterocycles. The van der Waals surface area contributed by atoms with Crippen molar-refractivity contribution in [2.75, 3.05) is 23.3 Å². The van der Waals surface area contributed by atoms with Crippen molar-refractivity contribution < 1.29 is 9.18 Å². The third kappa shape index (κ3) is 4.69. The number of nitrogens with zero attached hydrogens (tertiary/aromatic N) is 3. The summed E-state index contributed by atoms with van der Waals surface area (Å²) in [7, 11) is 0. The average molecular weight is 497 g/mol. The molecule has 0 spiro atoms. The van der Waals surface area contributed by atoms with Gasteiger partial charge in [0.1, 0.15) is 10.5 Å². The summed E-state index contributed by atoms with van der Waals surface area (Å²) in [4.78, 5) is 32.9. The van der Waals surface area contributed by atoms with Gasteiger partial charge in [0.2, 0.25) is 11.9 Å². The minimum Gasteiger partial charge on any atom is -0.342 e. The molecule has 9 heteroatoms. The molecule has 0 saturated carbocycles. The lowest BCUT2D eigenvalue weighted by molar-refractivity contribution is -0.120. The summed E-state index contributed by atoms with van der Waals surface area (Å²) < 4.78 is 15.6. The van der Waals surface area contributed by atoms with Crippen LogP contribution in [0.3, 0.4) is 0 Å². The predicted octanol–water partition coefficient (Wildman–Crippen LogP) is 5.15. The smallest absolute Gasteiger partial charge is 0.273 e. The molecule has 0 atom stereocenters. The van der Waals surface area contributed by atoms with Crippen molar-refractivity contribution in [1.82, 2.24) is 9.55 Å². The van der Waals surface area contributed by atoms with Gasteiger partial charge in [-0.1, -0.05) is 23.7 Å². The Labute approximate surface area is 204 Å². The van der Waals surface area contributed by atoms with Crippen molar-refractivity contribution in [3.05, 3.63) is 86.7 Å². The first-order chi connectivity index (χ1) is 16.5. The van der Waals surface area contributed by atoms with Crippen LogP contribution in [-0.2, 0) is 11.3 Å². The Morgan fingerprint density at radius 3 is 2.50 bits per heavy atom. The first kappa shape index (κ1) is 22.6. The highest BCUT2D eigenvalue weighted by molar-refractivity contribution is 7.17. The Morgan fingerprint density at radius 2 is 1.79 bits per heavy atom. The van der Waals surface area contributed by atoms with Crippen LogP contribution < -0.4 is 15.8 Å². The summed E-state index contributed by atoms with van der Waals surface area (Å²) in [6, 6.07) is 15.0. The summed E-state index contributed by atoms with van der Waals surface area (Å²) >= 11 is 7.28. The summed E-state index contributed by atoms with van der Waals surface area (Å²) in [5.41, 5.74) is 2.10. The van der Waals surface area contributed by atoms with Crippen molar-refractivity contribution in [3.63, 3.8) is 0 Å². The van der Waals surface area contributed by atoms with Crippen LogP contribution in [0.4, 0.5) is 16.0 Å². The number of thiophene rings is 1. The molecule has 0 unspecified atom stereocenters. The maximum atomic E-state index is 13.4. The Hall–Kier alpha value is -3.23. The highest BCUT2D eigenvalue weighted by atomic mass is 35.5. The number of amides is 1. The maximum absolute atomic E-state index is 13.4. The number of anilines is 2. The van der Waals surface area contributed by atoms with Crippen LogP contribution in [0.2, 0.25) is 5.02 Å². The zero-order chi connectivity index (χ0) is 23.7. The molecule has 34 heavy (non-hydrogen) atoms. The summed E-state index contributed by atoms with van der Waals surface area (Å²) in [5.74, 6) is 0.111. The largest absolute Gasteiger partial charge is 0.342 e. The molecule has 0 aliphatic carbocycles. The van der Waals surface area contributed by atoms with E-state index in [0.29, 0.717) is 53.7 Å². The number of halogens is 2. The second kappa shape index (κ2) is 9.56. The summed E-state index contributed by atoms with van der Waals surface area (Å²) in [5, 5.41) is 5.43. The standard InChI is InChI=1S/C25H22ClFN4O2S/c26-18-3-7-20(8-4-18)28-23(32)17-9-12-30(13-10-17)25-29-21-11-14-34-22(21)24(33)31(25)15-16-1-5-19(27)6-2-16/h1-8,11,14,17H,9-10,12-13,15H2,(H,28,32). The van der Waals surface area contributed by atoms with Crippen molar-refractivity contribution in [3.8, 4) is 0 Å². The van der Waals surface area contributed by atoms with Gasteiger partial charge >= 0.3 is 0 Å². The molecular formula is C25H22ClFN4O2S. The molecule has 2 aromatic carbocycles. The van der Waals surface area contributed by atoms with Gasteiger partial charge < -0.3 is 10.2 Å². The second-order valence-corrected chi connectivity index (χ2v) is 9.67. The van der Waals surface area contributed by atoms with Gasteiger partial charge in [-0.25, -0.2) is 9.37 Å². The molecule has 1 aliphatic heterocycles. The lowest BCUT2D eigenvalue weighted by Gasteiger charge is -2.33. The molecule has 1 N–H and O–H groups in total. The minimum atomic E-state index is -0.317. The van der Waals surface area contributed by atoms with Gasteiger partial charge in [0.15, 0.2) is 0 Å². The van der Waals surface area contributed by atoms with E-state index >= 15 is 0 Å². The van der Waals surface area contributed by atoms with Crippen LogP contribution in [0.5, 0.6) is 0 Å². The van der Waals surface area contributed by atoms with E-state index in [9.17, 15) is 14.0 Å². The number of rotatable bonds is 5. The van der Waals surface area contributed by atoms with E-state index in [2.05, 4.69) is 10.2 Å². The molecule has 174 valence electrons. The maximum Gasteiger partial charge on any atom is 0.273 e. The Morgan fingerprint density at radius 1 is 1.09 bits per heavy atom. The lowest BCUT2D eigenvalue weighted by Crippen LogP contribution is -2.41. The fourth-order valence-corrected chi connectivity index (χ4v) is 5.11. The Bertz CT molecular complexity index is 1380. The van der Waals surface area contributed by atoms with E-state index < -0.39 is 0 Å². The zero-order valence-corrected chi connectivity index (χ0v) is 19.8. The van der Waals surface area contributed by atoms with Gasteiger partial charge in [0.25, 0.3) is 5.56 Å². The molecule has 0 bridgehead atoms. The SMILES string of the molecule is O=C(Nc1ccc(Cl)cc1)C1CCN(c2nc3ccsc3c(=O)n2Cc2ccc(F)cc2)CC1. The Balaban J connectivity index is 1.36. The molecule has 1 amide bonds. The molecule has 4 aromatic rings. The first-order valence-electron chi connectivity index (χ1n) is 11.0. The molecule has 3 heterocycles. The van der Waals surface area contributed by atoms with Crippen LogP contribution in [0.15, 0.2) is 64.8 Å². The number of fused-ring (bicyclic) bond motifs is 1. The predicted molar refractivity (Wildman–Crippen MR) is 134 cm³/mol. The van der Waals surface area contributed by atoms with Gasteiger partial charge in [0.05, 0.1) is 12.1 Å². The fraction of sp³-hybridized carbons (Fsp3) is 0.240. The van der Waals surface area contributed by atoms with E-state index in [4.69, 9.17) is 16.6 Å². The van der Waals surface area contributed by atoms with Crippen LogP contribution in [-0.4, -0.2) is 28.5 Å². The topological polar surface area (TPSA) is 67.2 Å². The first-order valence-corrected chi connectivity index (χ1v) is 12.3. The van der Waals surface area contributed by atoms with Gasteiger partial charge in [-0.05, 0) is 66.2 Å². The number of piperidine rings is 1. The van der Waals surface area contributed by atoms with Crippen LogP contribution in [0.1, 0.15) is 18.4 Å². The average Bonchev–Trinajstić information content (AvgIpc) is 3.33. The number of aromatic nitrogens is 2. The Kier molecular flexibility index (Phi) is 6.34. The van der Waals surface area contributed by atoms with Gasteiger partial charge in [-0.3, -0.25) is 14.2 Å². The van der Waals surface area contributed by atoms with E-state index in [1.54, 1.807) is 41.0 Å². The number of hydrogen-bond acceptors (Lipinski definition) is 5. The molecule has 1 fully saturated rings. The molecule has 5 rings (SSSR count). The van der Waals surface area contributed by atoms with Gasteiger partial charge in [0, 0.05) is 29.7 Å². The zero-order valence-electron chi connectivity index (χ0n) is 18.2. The number of carbonyl (C=O) groups is 1. The van der Waals surface area contributed by atoms with Crippen LogP contribution in [0, 0.1) is 11.7 Å². The van der Waals surface area contributed by atoms with Crippen molar-refractivity contribution in [2.45, 2.75) is 19.4 Å². The third-order valence-corrected chi connectivity index (χ3v) is 7.20. The van der Waals surface area contributed by atoms with E-state index in [1.807, 2.05) is 11.4 Å². The number of nitrogens with one attached hydrogen (secondary N) is 1. The molecule has 1 aliphatic rings. The minimum absolute atomic E-state index is 0.0214. The number of hydrogen-bond donors (Lipinski definition) is 1. The molecule has 1 saturated heterocycles. The normalized spacial score (nSPS) is 14.5. The van der Waals surface area contributed by atoms with Crippen LogP contribution >= 0.6 is 22.9 Å². The van der Waals surface area contributed by atoms with E-state index in [-0.39, 0.29) is 23.2 Å². The number of benzene rings is 2. The fourth-order valence-electron chi connectivity index (χ4n) is 4.21. The summed E-state index contributed by atoms with van der Waals surface area (Å²) in [6.45, 7) is 1.50. The van der Waals surface area contributed by atoms with Crippen molar-refractivity contribution in [1.29, 1.82) is 0 Å². The molecular weight excluding hydrogens is 475 g/mol. The monoisotopic (exact) mass is 496 g/mol.